The fourth-order valence-electron chi connectivity index (χ4n) is 2.93. The summed E-state index contributed by atoms with van der Waals surface area (Å²) in [5.41, 5.74) is 1.67. The fraction of sp³-hybridized carbons (Fsp3) is 0.286. The molecular weight excluding hydrogens is 376 g/mol. The minimum absolute atomic E-state index is 0.0183. The molecule has 3 rings (SSSR count). The molecule has 0 spiro atoms. The molecule has 0 saturated carbocycles. The Morgan fingerprint density at radius 3 is 2.61 bits per heavy atom. The number of hydrogen-bond donors (Lipinski definition) is 2. The predicted octanol–water partition coefficient (Wildman–Crippen LogP) is 2.78. The van der Waals surface area contributed by atoms with E-state index in [1.54, 1.807) is 6.92 Å². The smallest absolute Gasteiger partial charge is 0.328 e. The molecule has 1 aliphatic rings. The van der Waals surface area contributed by atoms with Gasteiger partial charge in [0.05, 0.1) is 17.5 Å². The highest BCUT2D eigenvalue weighted by Gasteiger charge is 2.30. The molecule has 0 bridgehead atoms. The fourth-order valence-corrected chi connectivity index (χ4v) is 4.04. The number of ether oxygens (including phenoxy) is 1. The van der Waals surface area contributed by atoms with Gasteiger partial charge in [-0.3, -0.25) is 9.59 Å². The van der Waals surface area contributed by atoms with Crippen molar-refractivity contribution in [3.8, 4) is 0 Å². The molecule has 146 valence electrons. The molecule has 2 aromatic rings. The van der Waals surface area contributed by atoms with Gasteiger partial charge in [0, 0.05) is 17.7 Å². The maximum absolute atomic E-state index is 12.6. The molecule has 6 nitrogen and oxygen atoms in total. The summed E-state index contributed by atoms with van der Waals surface area (Å²) in [4.78, 5) is 38.1. The summed E-state index contributed by atoms with van der Waals surface area (Å²) in [5.74, 6) is -1.05. The van der Waals surface area contributed by atoms with Crippen LogP contribution in [-0.4, -0.2) is 35.7 Å². The summed E-state index contributed by atoms with van der Waals surface area (Å²) in [6.07, 6.45) is 0.313. The lowest BCUT2D eigenvalue weighted by Gasteiger charge is -2.24. The van der Waals surface area contributed by atoms with E-state index in [9.17, 15) is 14.4 Å². The van der Waals surface area contributed by atoms with Gasteiger partial charge >= 0.3 is 5.97 Å². The normalized spacial score (nSPS) is 16.5. The van der Waals surface area contributed by atoms with Crippen molar-refractivity contribution in [1.82, 2.24) is 5.32 Å². The highest BCUT2D eigenvalue weighted by atomic mass is 32.2. The van der Waals surface area contributed by atoms with E-state index in [1.165, 1.54) is 11.8 Å². The van der Waals surface area contributed by atoms with Crippen LogP contribution in [0.1, 0.15) is 18.9 Å². The Morgan fingerprint density at radius 2 is 1.86 bits per heavy atom. The number of rotatable bonds is 7. The molecule has 2 atom stereocenters. The van der Waals surface area contributed by atoms with Crippen LogP contribution in [0.3, 0.4) is 0 Å². The molecule has 2 amide bonds. The van der Waals surface area contributed by atoms with Gasteiger partial charge in [0.25, 0.3) is 0 Å². The quantitative estimate of drug-likeness (QED) is 0.701. The average molecular weight is 398 g/mol. The lowest BCUT2D eigenvalue weighted by molar-refractivity contribution is -0.147. The minimum Gasteiger partial charge on any atom is -0.464 e. The van der Waals surface area contributed by atoms with E-state index in [0.29, 0.717) is 6.42 Å². The molecule has 1 aliphatic heterocycles. The first-order chi connectivity index (χ1) is 13.6. The van der Waals surface area contributed by atoms with E-state index in [4.69, 9.17) is 4.74 Å². The van der Waals surface area contributed by atoms with Crippen LogP contribution in [-0.2, 0) is 25.5 Å². The third-order valence-electron chi connectivity index (χ3n) is 4.27. The van der Waals surface area contributed by atoms with Gasteiger partial charge in [-0.25, -0.2) is 4.79 Å². The second-order valence-corrected chi connectivity index (χ2v) is 7.60. The van der Waals surface area contributed by atoms with Crippen molar-refractivity contribution in [2.75, 3.05) is 11.9 Å². The highest BCUT2D eigenvalue weighted by molar-refractivity contribution is 8.01. The van der Waals surface area contributed by atoms with E-state index < -0.39 is 17.3 Å². The van der Waals surface area contributed by atoms with Gasteiger partial charge in [0.15, 0.2) is 0 Å². The monoisotopic (exact) mass is 398 g/mol. The van der Waals surface area contributed by atoms with Gasteiger partial charge in [-0.05, 0) is 24.6 Å². The maximum Gasteiger partial charge on any atom is 0.328 e. The van der Waals surface area contributed by atoms with Crippen molar-refractivity contribution in [2.24, 2.45) is 0 Å². The molecule has 2 N–H and O–H groups in total. The second kappa shape index (κ2) is 9.41. The zero-order valence-electron chi connectivity index (χ0n) is 15.5. The predicted molar refractivity (Wildman–Crippen MR) is 108 cm³/mol. The summed E-state index contributed by atoms with van der Waals surface area (Å²) in [5, 5.41) is 5.01. The Kier molecular flexibility index (Phi) is 6.71. The first-order valence-electron chi connectivity index (χ1n) is 9.13. The van der Waals surface area contributed by atoms with Crippen LogP contribution in [0, 0.1) is 0 Å². The number of para-hydroxylation sites is 1. The average Bonchev–Trinajstić information content (AvgIpc) is 2.69. The molecule has 2 unspecified atom stereocenters. The molecule has 1 heterocycles. The van der Waals surface area contributed by atoms with Crippen LogP contribution >= 0.6 is 11.8 Å². The SMILES string of the molecule is CCOC(=O)C(Cc1ccccc1)NC(=O)CC1Sc2ccccc2NC1=O. The number of fused-ring (bicyclic) bond motifs is 1. The van der Waals surface area contributed by atoms with E-state index in [2.05, 4.69) is 10.6 Å². The number of benzene rings is 2. The number of hydrogen-bond acceptors (Lipinski definition) is 5. The number of nitrogens with one attached hydrogen (secondary N) is 2. The van der Waals surface area contributed by atoms with Gasteiger partial charge in [-0.1, -0.05) is 42.5 Å². The Labute approximate surface area is 168 Å². The maximum atomic E-state index is 12.6. The van der Waals surface area contributed by atoms with Gasteiger partial charge < -0.3 is 15.4 Å². The lowest BCUT2D eigenvalue weighted by atomic mass is 10.1. The van der Waals surface area contributed by atoms with Crippen molar-refractivity contribution in [3.63, 3.8) is 0 Å². The number of amides is 2. The van der Waals surface area contributed by atoms with Crippen LogP contribution in [0.25, 0.3) is 0 Å². The van der Waals surface area contributed by atoms with E-state index in [-0.39, 0.29) is 24.8 Å². The minimum atomic E-state index is -0.793. The zero-order valence-corrected chi connectivity index (χ0v) is 16.3. The molecule has 0 fully saturated rings. The molecule has 0 aromatic heterocycles. The first-order valence-corrected chi connectivity index (χ1v) is 10.0. The number of thioether (sulfide) groups is 1. The van der Waals surface area contributed by atoms with Gasteiger partial charge in [-0.15, -0.1) is 11.8 Å². The third kappa shape index (κ3) is 5.13. The van der Waals surface area contributed by atoms with Crippen LogP contribution in [0.15, 0.2) is 59.5 Å². The summed E-state index contributed by atoms with van der Waals surface area (Å²) in [6, 6.07) is 16.1. The molecule has 0 aliphatic carbocycles. The molecule has 0 radical (unpaired) electrons. The summed E-state index contributed by atoms with van der Waals surface area (Å²) in [6.45, 7) is 1.96. The van der Waals surface area contributed by atoms with Crippen molar-refractivity contribution in [1.29, 1.82) is 0 Å². The molecule has 7 heteroatoms. The molecule has 0 saturated heterocycles. The Morgan fingerprint density at radius 1 is 1.14 bits per heavy atom. The topological polar surface area (TPSA) is 84.5 Å². The number of carbonyl (C=O) groups excluding carboxylic acids is 3. The largest absolute Gasteiger partial charge is 0.464 e. The first kappa shape index (κ1) is 19.9. The third-order valence-corrected chi connectivity index (χ3v) is 5.54. The number of anilines is 1. The van der Waals surface area contributed by atoms with Crippen molar-refractivity contribution < 1.29 is 19.1 Å². The van der Waals surface area contributed by atoms with Crippen LogP contribution < -0.4 is 10.6 Å². The number of carbonyl (C=O) groups is 3. The van der Waals surface area contributed by atoms with Crippen molar-refractivity contribution in [2.45, 2.75) is 36.0 Å². The molecular formula is C21H22N2O4S. The van der Waals surface area contributed by atoms with Crippen LogP contribution in [0.4, 0.5) is 5.69 Å². The molecule has 28 heavy (non-hydrogen) atoms. The van der Waals surface area contributed by atoms with E-state index in [1.807, 2.05) is 54.6 Å². The summed E-state index contributed by atoms with van der Waals surface area (Å²) >= 11 is 1.35. The Bertz CT molecular complexity index is 856. The van der Waals surface area contributed by atoms with Gasteiger partial charge in [0.1, 0.15) is 6.04 Å². The Balaban J connectivity index is 1.64. The summed E-state index contributed by atoms with van der Waals surface area (Å²) < 4.78 is 5.10. The van der Waals surface area contributed by atoms with Gasteiger partial charge in [0.2, 0.25) is 11.8 Å². The van der Waals surface area contributed by atoms with E-state index >= 15 is 0 Å². The summed E-state index contributed by atoms with van der Waals surface area (Å²) in [7, 11) is 0. The van der Waals surface area contributed by atoms with Crippen LogP contribution in [0.2, 0.25) is 0 Å². The second-order valence-electron chi connectivity index (χ2n) is 6.36. The lowest BCUT2D eigenvalue weighted by Crippen LogP contribution is -2.45. The standard InChI is InChI=1S/C21H22N2O4S/c1-2-27-21(26)16(12-14-8-4-3-5-9-14)22-19(24)13-18-20(25)23-15-10-6-7-11-17(15)28-18/h3-11,16,18H,2,12-13H2,1H3,(H,22,24)(H,23,25). The zero-order chi connectivity index (χ0) is 19.9. The molecule has 2 aromatic carbocycles. The van der Waals surface area contributed by atoms with Crippen LogP contribution in [0.5, 0.6) is 0 Å². The van der Waals surface area contributed by atoms with Gasteiger partial charge in [-0.2, -0.15) is 0 Å². The number of esters is 1. The van der Waals surface area contributed by atoms with Crippen molar-refractivity contribution in [3.05, 3.63) is 60.2 Å². The Hall–Kier alpha value is -2.80. The van der Waals surface area contributed by atoms with Crippen molar-refractivity contribution >= 4 is 35.2 Å². The highest BCUT2D eigenvalue weighted by Crippen LogP contribution is 2.36. The van der Waals surface area contributed by atoms with E-state index in [0.717, 1.165) is 16.1 Å².